The van der Waals surface area contributed by atoms with Crippen LogP contribution in [0.2, 0.25) is 0 Å². The Morgan fingerprint density at radius 1 is 1.10 bits per heavy atom. The Kier molecular flexibility index (Phi) is 6.02. The van der Waals surface area contributed by atoms with Gasteiger partial charge in [-0.2, -0.15) is 0 Å². The summed E-state index contributed by atoms with van der Waals surface area (Å²) in [5.41, 5.74) is 3.70. The van der Waals surface area contributed by atoms with Crippen molar-refractivity contribution in [2.75, 3.05) is 27.6 Å². The summed E-state index contributed by atoms with van der Waals surface area (Å²) in [4.78, 5) is 16.2. The van der Waals surface area contributed by atoms with Gasteiger partial charge in [0.2, 0.25) is 18.3 Å². The molecule has 1 aromatic heterocycles. The zero-order valence-corrected chi connectivity index (χ0v) is 17.9. The monoisotopic (exact) mass is 422 g/mol. The highest BCUT2D eigenvalue weighted by Crippen LogP contribution is 2.54. The van der Waals surface area contributed by atoms with E-state index in [1.54, 1.807) is 14.2 Å². The normalized spacial score (nSPS) is 12.0. The smallest absolute Gasteiger partial charge is 0.268 e. The zero-order valence-electron chi connectivity index (χ0n) is 17.9. The van der Waals surface area contributed by atoms with Crippen molar-refractivity contribution < 1.29 is 23.7 Å². The van der Waals surface area contributed by atoms with E-state index < -0.39 is 0 Å². The van der Waals surface area contributed by atoms with E-state index in [1.807, 2.05) is 42.6 Å². The van der Waals surface area contributed by atoms with E-state index in [4.69, 9.17) is 18.9 Å². The average Bonchev–Trinajstić information content (AvgIpc) is 3.46. The van der Waals surface area contributed by atoms with Crippen LogP contribution >= 0.6 is 0 Å². The minimum atomic E-state index is -0.177. The number of methoxy groups -OCH3 is 2. The van der Waals surface area contributed by atoms with Crippen LogP contribution in [0.25, 0.3) is 22.3 Å². The van der Waals surface area contributed by atoms with Crippen LogP contribution in [0.3, 0.4) is 0 Å². The third kappa shape index (κ3) is 3.79. The van der Waals surface area contributed by atoms with Crippen molar-refractivity contribution in [2.45, 2.75) is 19.8 Å². The average molecular weight is 422 g/mol. The fourth-order valence-electron chi connectivity index (χ4n) is 3.75. The third-order valence-electron chi connectivity index (χ3n) is 5.26. The molecule has 0 saturated heterocycles. The number of carbonyl (C=O) groups excluding carboxylic acids is 1. The van der Waals surface area contributed by atoms with Crippen LogP contribution in [0, 0.1) is 0 Å². The van der Waals surface area contributed by atoms with E-state index in [1.165, 1.54) is 0 Å². The summed E-state index contributed by atoms with van der Waals surface area (Å²) >= 11 is 0. The molecule has 4 rings (SSSR count). The molecule has 0 radical (unpaired) electrons. The lowest BCUT2D eigenvalue weighted by Gasteiger charge is -2.16. The van der Waals surface area contributed by atoms with Crippen molar-refractivity contribution in [3.8, 4) is 45.3 Å². The molecular weight excluding hydrogens is 396 g/mol. The molecular formula is C24H26N2O5. The summed E-state index contributed by atoms with van der Waals surface area (Å²) in [6.07, 6.45) is 3.75. The molecule has 2 N–H and O–H groups in total. The van der Waals surface area contributed by atoms with E-state index in [9.17, 15) is 4.79 Å². The number of H-pyrrole nitrogens is 1. The van der Waals surface area contributed by atoms with Gasteiger partial charge in [0.05, 0.1) is 14.2 Å². The molecule has 31 heavy (non-hydrogen) atoms. The zero-order chi connectivity index (χ0) is 21.8. The first-order chi connectivity index (χ1) is 15.2. The molecule has 7 nitrogen and oxygen atoms in total. The number of rotatable bonds is 8. The number of hydrogen-bond acceptors (Lipinski definition) is 5. The Morgan fingerprint density at radius 2 is 1.87 bits per heavy atom. The van der Waals surface area contributed by atoms with Crippen LogP contribution in [0.1, 0.15) is 30.3 Å². The van der Waals surface area contributed by atoms with Gasteiger partial charge in [-0.1, -0.05) is 43.7 Å². The molecule has 0 bridgehead atoms. The lowest BCUT2D eigenvalue weighted by Crippen LogP contribution is -2.25. The molecule has 2 heterocycles. The molecule has 0 unspecified atom stereocenters. The number of ether oxygens (including phenoxy) is 4. The van der Waals surface area contributed by atoms with Gasteiger partial charge in [0.15, 0.2) is 11.5 Å². The Bertz CT molecular complexity index is 1080. The molecule has 7 heteroatoms. The predicted octanol–water partition coefficient (Wildman–Crippen LogP) is 4.62. The van der Waals surface area contributed by atoms with Crippen LogP contribution in [0.4, 0.5) is 0 Å². The lowest BCUT2D eigenvalue weighted by molar-refractivity contribution is 0.0949. The lowest BCUT2D eigenvalue weighted by atomic mass is 9.95. The van der Waals surface area contributed by atoms with Crippen molar-refractivity contribution in [3.63, 3.8) is 0 Å². The van der Waals surface area contributed by atoms with Crippen LogP contribution in [0.15, 0.2) is 42.6 Å². The number of nitrogens with one attached hydrogen (secondary N) is 2. The minimum absolute atomic E-state index is 0.0779. The molecule has 1 aliphatic heterocycles. The van der Waals surface area contributed by atoms with Gasteiger partial charge in [-0.15, -0.1) is 0 Å². The minimum Gasteiger partial charge on any atom is -0.493 e. The number of hydrogen-bond donors (Lipinski definition) is 2. The molecule has 0 spiro atoms. The number of amides is 1. The van der Waals surface area contributed by atoms with Crippen LogP contribution < -0.4 is 24.3 Å². The highest BCUT2D eigenvalue weighted by Gasteiger charge is 2.31. The third-order valence-corrected chi connectivity index (χ3v) is 5.26. The molecule has 162 valence electrons. The highest BCUT2D eigenvalue weighted by atomic mass is 16.7. The Balaban J connectivity index is 1.93. The molecule has 0 fully saturated rings. The Morgan fingerprint density at radius 3 is 2.58 bits per heavy atom. The van der Waals surface area contributed by atoms with E-state index in [-0.39, 0.29) is 12.7 Å². The van der Waals surface area contributed by atoms with Crippen molar-refractivity contribution in [3.05, 3.63) is 48.3 Å². The summed E-state index contributed by atoms with van der Waals surface area (Å²) in [6.45, 7) is 2.77. The number of carbonyl (C=O) groups is 1. The van der Waals surface area contributed by atoms with Gasteiger partial charge < -0.3 is 29.2 Å². The van der Waals surface area contributed by atoms with E-state index in [0.717, 1.165) is 24.0 Å². The Hall–Kier alpha value is -3.61. The maximum atomic E-state index is 13.1. The molecule has 1 amide bonds. The van der Waals surface area contributed by atoms with Gasteiger partial charge in [-0.3, -0.25) is 4.79 Å². The molecule has 0 aliphatic carbocycles. The molecule has 0 atom stereocenters. The summed E-state index contributed by atoms with van der Waals surface area (Å²) in [7, 11) is 3.14. The van der Waals surface area contributed by atoms with Gasteiger partial charge in [-0.05, 0) is 18.1 Å². The largest absolute Gasteiger partial charge is 0.493 e. The number of fused-ring (bicyclic) bond motifs is 1. The molecule has 0 saturated carbocycles. The summed E-state index contributed by atoms with van der Waals surface area (Å²) in [5, 5.41) is 3.00. The number of aromatic amines is 1. The van der Waals surface area contributed by atoms with Crippen LogP contribution in [0.5, 0.6) is 23.0 Å². The summed E-state index contributed by atoms with van der Waals surface area (Å²) in [6, 6.07) is 11.7. The molecule has 2 aromatic carbocycles. The van der Waals surface area contributed by atoms with Crippen molar-refractivity contribution in [1.82, 2.24) is 10.3 Å². The SMILES string of the molecule is CCCCNC(=O)c1[nH]cc(-c2ccccc2)c1-c1cc(OC)c2c(c1OC)OCO2. The van der Waals surface area contributed by atoms with E-state index in [0.29, 0.717) is 46.4 Å². The topological polar surface area (TPSA) is 81.8 Å². The van der Waals surface area contributed by atoms with Crippen molar-refractivity contribution in [2.24, 2.45) is 0 Å². The van der Waals surface area contributed by atoms with Gasteiger partial charge in [0.25, 0.3) is 5.91 Å². The van der Waals surface area contributed by atoms with Crippen LogP contribution in [-0.2, 0) is 0 Å². The van der Waals surface area contributed by atoms with E-state index >= 15 is 0 Å². The second-order valence-corrected chi connectivity index (χ2v) is 7.15. The second kappa shape index (κ2) is 9.04. The van der Waals surface area contributed by atoms with Gasteiger partial charge in [-0.25, -0.2) is 0 Å². The molecule has 1 aliphatic rings. The standard InChI is InChI=1S/C24H26N2O5/c1-4-5-11-25-24(27)20-19(17(13-26-20)15-9-7-6-8-10-15)16-12-18(28-2)22-23(21(16)29-3)31-14-30-22/h6-10,12-13,26H,4-5,11,14H2,1-3H3,(H,25,27). The maximum absolute atomic E-state index is 13.1. The number of aromatic nitrogens is 1. The predicted molar refractivity (Wildman–Crippen MR) is 118 cm³/mol. The fourth-order valence-corrected chi connectivity index (χ4v) is 3.75. The summed E-state index contributed by atoms with van der Waals surface area (Å²) in [5.74, 6) is 1.79. The Labute approximate surface area is 181 Å². The van der Waals surface area contributed by atoms with Crippen LogP contribution in [-0.4, -0.2) is 38.4 Å². The highest BCUT2D eigenvalue weighted by molar-refractivity contribution is 6.05. The number of benzene rings is 2. The first kappa shape index (κ1) is 20.7. The van der Waals surface area contributed by atoms with Gasteiger partial charge in [0.1, 0.15) is 5.69 Å². The number of unbranched alkanes of at least 4 members (excludes halogenated alkanes) is 1. The second-order valence-electron chi connectivity index (χ2n) is 7.15. The van der Waals surface area contributed by atoms with E-state index in [2.05, 4.69) is 17.2 Å². The van der Waals surface area contributed by atoms with Gasteiger partial charge in [0, 0.05) is 29.4 Å². The maximum Gasteiger partial charge on any atom is 0.268 e. The quantitative estimate of drug-likeness (QED) is 0.518. The fraction of sp³-hybridized carbons (Fsp3) is 0.292. The summed E-state index contributed by atoms with van der Waals surface area (Å²) < 4.78 is 22.5. The molecule has 3 aromatic rings. The van der Waals surface area contributed by atoms with Crippen molar-refractivity contribution >= 4 is 5.91 Å². The van der Waals surface area contributed by atoms with Gasteiger partial charge >= 0.3 is 0 Å². The first-order valence-corrected chi connectivity index (χ1v) is 10.3. The first-order valence-electron chi connectivity index (χ1n) is 10.3. The van der Waals surface area contributed by atoms with Crippen molar-refractivity contribution in [1.29, 1.82) is 0 Å².